The smallest absolute Gasteiger partial charge is 0.0549 e. The van der Waals surface area contributed by atoms with E-state index in [1.54, 1.807) is 7.11 Å². The number of anilines is 1. The fourth-order valence-corrected chi connectivity index (χ4v) is 1.73. The number of benzene rings is 1. The second-order valence-electron chi connectivity index (χ2n) is 3.46. The van der Waals surface area contributed by atoms with E-state index in [2.05, 4.69) is 28.2 Å². The van der Waals surface area contributed by atoms with Gasteiger partial charge in [-0.25, -0.2) is 0 Å². The van der Waals surface area contributed by atoms with E-state index in [9.17, 15) is 0 Å². The molecule has 1 rings (SSSR count). The first kappa shape index (κ1) is 12.8. The van der Waals surface area contributed by atoms with Crippen molar-refractivity contribution in [1.82, 2.24) is 0 Å². The summed E-state index contributed by atoms with van der Waals surface area (Å²) in [6.07, 6.45) is 0.983. The van der Waals surface area contributed by atoms with Gasteiger partial charge in [0.25, 0.3) is 0 Å². The predicted molar refractivity (Wildman–Crippen MR) is 68.7 cm³/mol. The number of halogens is 2. The summed E-state index contributed by atoms with van der Waals surface area (Å²) in [6, 6.07) is 6.21. The van der Waals surface area contributed by atoms with Gasteiger partial charge in [-0.3, -0.25) is 0 Å². The van der Waals surface area contributed by atoms with Crippen molar-refractivity contribution in [2.24, 2.45) is 0 Å². The van der Waals surface area contributed by atoms with E-state index in [4.69, 9.17) is 16.3 Å². The highest BCUT2D eigenvalue weighted by Gasteiger charge is 2.03. The summed E-state index contributed by atoms with van der Waals surface area (Å²) in [5, 5.41) is 4.10. The van der Waals surface area contributed by atoms with Crippen molar-refractivity contribution < 1.29 is 4.74 Å². The van der Waals surface area contributed by atoms with Crippen LogP contribution in [0.1, 0.15) is 13.3 Å². The topological polar surface area (TPSA) is 21.3 Å². The lowest BCUT2D eigenvalue weighted by Gasteiger charge is -2.15. The molecule has 0 spiro atoms. The lowest BCUT2D eigenvalue weighted by molar-refractivity contribution is 0.191. The molecule has 1 N–H and O–H groups in total. The fraction of sp³-hybridized carbons (Fsp3) is 0.455. The molecule has 0 amide bonds. The number of hydrogen-bond acceptors (Lipinski definition) is 2. The van der Waals surface area contributed by atoms with Crippen LogP contribution in [0.3, 0.4) is 0 Å². The van der Waals surface area contributed by atoms with Gasteiger partial charge in [0.1, 0.15) is 0 Å². The van der Waals surface area contributed by atoms with Crippen LogP contribution in [0.4, 0.5) is 5.69 Å². The summed E-state index contributed by atoms with van der Waals surface area (Å²) in [6.45, 7) is 2.89. The molecule has 0 saturated carbocycles. The van der Waals surface area contributed by atoms with Crippen LogP contribution in [0.2, 0.25) is 5.02 Å². The zero-order chi connectivity index (χ0) is 11.3. The maximum Gasteiger partial charge on any atom is 0.0549 e. The molecule has 0 heterocycles. The maximum absolute atomic E-state index is 5.91. The van der Waals surface area contributed by atoms with Gasteiger partial charge in [-0.15, -0.1) is 0 Å². The Kier molecular flexibility index (Phi) is 5.43. The third-order valence-electron chi connectivity index (χ3n) is 2.09. The molecule has 0 aliphatic heterocycles. The van der Waals surface area contributed by atoms with Gasteiger partial charge in [-0.05, 0) is 47.5 Å². The molecular formula is C11H15BrClNO. The van der Waals surface area contributed by atoms with Crippen molar-refractivity contribution in [2.75, 3.05) is 19.0 Å². The van der Waals surface area contributed by atoms with Crippen molar-refractivity contribution in [3.8, 4) is 0 Å². The average molecular weight is 293 g/mol. The largest absolute Gasteiger partial charge is 0.385 e. The standard InChI is InChI=1S/C11H15BrClNO/c1-8(5-6-15-2)14-9-3-4-11(13)10(12)7-9/h3-4,7-8,14H,5-6H2,1-2H3. The maximum atomic E-state index is 5.91. The predicted octanol–water partition coefficient (Wildman–Crippen LogP) is 3.94. The number of nitrogens with one attached hydrogen (secondary N) is 1. The van der Waals surface area contributed by atoms with Crippen molar-refractivity contribution in [3.05, 3.63) is 27.7 Å². The Balaban J connectivity index is 2.53. The molecule has 0 aromatic heterocycles. The lowest BCUT2D eigenvalue weighted by atomic mass is 10.2. The molecule has 1 unspecified atom stereocenters. The number of ether oxygens (including phenoxy) is 1. The summed E-state index contributed by atoms with van der Waals surface area (Å²) >= 11 is 9.30. The number of rotatable bonds is 5. The third-order valence-corrected chi connectivity index (χ3v) is 3.30. The first-order valence-corrected chi connectivity index (χ1v) is 6.01. The first-order valence-electron chi connectivity index (χ1n) is 4.84. The zero-order valence-corrected chi connectivity index (χ0v) is 11.2. The van der Waals surface area contributed by atoms with Crippen molar-refractivity contribution in [1.29, 1.82) is 0 Å². The highest BCUT2D eigenvalue weighted by molar-refractivity contribution is 9.10. The molecule has 0 radical (unpaired) electrons. The van der Waals surface area contributed by atoms with Crippen molar-refractivity contribution >= 4 is 33.2 Å². The zero-order valence-electron chi connectivity index (χ0n) is 8.89. The van der Waals surface area contributed by atoms with Crippen LogP contribution in [0, 0.1) is 0 Å². The minimum atomic E-state index is 0.387. The Hall–Kier alpha value is -0.250. The van der Waals surface area contributed by atoms with E-state index in [1.807, 2.05) is 18.2 Å². The SMILES string of the molecule is COCCC(C)Nc1ccc(Cl)c(Br)c1. The molecule has 15 heavy (non-hydrogen) atoms. The third kappa shape index (κ3) is 4.41. The minimum Gasteiger partial charge on any atom is -0.385 e. The van der Waals surface area contributed by atoms with Crippen LogP contribution >= 0.6 is 27.5 Å². The molecule has 0 aliphatic rings. The Bertz CT molecular complexity index is 319. The second kappa shape index (κ2) is 6.36. The van der Waals surface area contributed by atoms with Gasteiger partial charge < -0.3 is 10.1 Å². The van der Waals surface area contributed by atoms with Gasteiger partial charge in [0.05, 0.1) is 5.02 Å². The normalized spacial score (nSPS) is 12.5. The van der Waals surface area contributed by atoms with Gasteiger partial charge in [0.2, 0.25) is 0 Å². The average Bonchev–Trinajstić information content (AvgIpc) is 2.20. The van der Waals surface area contributed by atoms with Crippen LogP contribution in [0.5, 0.6) is 0 Å². The summed E-state index contributed by atoms with van der Waals surface area (Å²) < 4.78 is 5.93. The molecule has 1 aromatic rings. The van der Waals surface area contributed by atoms with Gasteiger partial charge in [0.15, 0.2) is 0 Å². The Morgan fingerprint density at radius 2 is 2.27 bits per heavy atom. The van der Waals surface area contributed by atoms with E-state index >= 15 is 0 Å². The monoisotopic (exact) mass is 291 g/mol. The Morgan fingerprint density at radius 3 is 2.87 bits per heavy atom. The van der Waals surface area contributed by atoms with E-state index in [0.29, 0.717) is 6.04 Å². The van der Waals surface area contributed by atoms with E-state index in [-0.39, 0.29) is 0 Å². The van der Waals surface area contributed by atoms with Crippen LogP contribution in [-0.4, -0.2) is 19.8 Å². The van der Waals surface area contributed by atoms with Gasteiger partial charge >= 0.3 is 0 Å². The van der Waals surface area contributed by atoms with E-state index in [0.717, 1.165) is 28.2 Å². The van der Waals surface area contributed by atoms with Crippen LogP contribution < -0.4 is 5.32 Å². The van der Waals surface area contributed by atoms with Crippen molar-refractivity contribution in [2.45, 2.75) is 19.4 Å². The van der Waals surface area contributed by atoms with Crippen molar-refractivity contribution in [3.63, 3.8) is 0 Å². The summed E-state index contributed by atoms with van der Waals surface area (Å²) in [5.41, 5.74) is 1.06. The van der Waals surface area contributed by atoms with E-state index < -0.39 is 0 Å². The second-order valence-corrected chi connectivity index (χ2v) is 4.72. The number of hydrogen-bond donors (Lipinski definition) is 1. The molecule has 0 bridgehead atoms. The molecule has 4 heteroatoms. The molecule has 0 aliphatic carbocycles. The molecular weight excluding hydrogens is 277 g/mol. The fourth-order valence-electron chi connectivity index (χ4n) is 1.24. The highest BCUT2D eigenvalue weighted by Crippen LogP contribution is 2.25. The van der Waals surface area contributed by atoms with Crippen LogP contribution in [0.15, 0.2) is 22.7 Å². The molecule has 1 aromatic carbocycles. The first-order chi connectivity index (χ1) is 7.13. The minimum absolute atomic E-state index is 0.387. The molecule has 84 valence electrons. The quantitative estimate of drug-likeness (QED) is 0.887. The molecule has 0 saturated heterocycles. The summed E-state index contributed by atoms with van der Waals surface area (Å²) in [4.78, 5) is 0. The van der Waals surface area contributed by atoms with Gasteiger partial charge in [0, 0.05) is 29.9 Å². The number of methoxy groups -OCH3 is 1. The Labute approximate surface area is 104 Å². The van der Waals surface area contributed by atoms with Gasteiger partial charge in [-0.2, -0.15) is 0 Å². The lowest BCUT2D eigenvalue weighted by Crippen LogP contribution is -2.17. The summed E-state index contributed by atoms with van der Waals surface area (Å²) in [5.74, 6) is 0. The molecule has 1 atom stereocenters. The highest BCUT2D eigenvalue weighted by atomic mass is 79.9. The van der Waals surface area contributed by atoms with Gasteiger partial charge in [-0.1, -0.05) is 11.6 Å². The molecule has 2 nitrogen and oxygen atoms in total. The Morgan fingerprint density at radius 1 is 1.53 bits per heavy atom. The van der Waals surface area contributed by atoms with E-state index in [1.165, 1.54) is 0 Å². The molecule has 0 fully saturated rings. The summed E-state index contributed by atoms with van der Waals surface area (Å²) in [7, 11) is 1.71. The van der Waals surface area contributed by atoms with Crippen LogP contribution in [0.25, 0.3) is 0 Å². The van der Waals surface area contributed by atoms with Crippen LogP contribution in [-0.2, 0) is 4.74 Å².